The van der Waals surface area contributed by atoms with Gasteiger partial charge in [-0.15, -0.1) is 0 Å². The zero-order valence-electron chi connectivity index (χ0n) is 7.77. The summed E-state index contributed by atoms with van der Waals surface area (Å²) < 4.78 is 0. The van der Waals surface area contributed by atoms with E-state index in [-0.39, 0.29) is 0 Å². The molecule has 1 aromatic rings. The molecule has 0 spiro atoms. The van der Waals surface area contributed by atoms with Gasteiger partial charge in [0.1, 0.15) is 0 Å². The van der Waals surface area contributed by atoms with Crippen LogP contribution >= 0.6 is 0 Å². The second kappa shape index (κ2) is 3.97. The van der Waals surface area contributed by atoms with Gasteiger partial charge >= 0.3 is 0 Å². The molecule has 70 valence electrons. The van der Waals surface area contributed by atoms with Crippen molar-refractivity contribution in [2.45, 2.75) is 12.8 Å². The molecule has 1 aliphatic carbocycles. The SMILES string of the molecule is ON=Cc1ccccc1C#CC1CC1. The van der Waals surface area contributed by atoms with E-state index in [1.54, 1.807) is 0 Å². The van der Waals surface area contributed by atoms with E-state index in [2.05, 4.69) is 17.0 Å². The van der Waals surface area contributed by atoms with Crippen molar-refractivity contribution in [1.29, 1.82) is 0 Å². The van der Waals surface area contributed by atoms with Gasteiger partial charge in [-0.2, -0.15) is 0 Å². The second-order valence-electron chi connectivity index (χ2n) is 3.38. The number of rotatable bonds is 1. The summed E-state index contributed by atoms with van der Waals surface area (Å²) in [6.45, 7) is 0. The highest BCUT2D eigenvalue weighted by Crippen LogP contribution is 2.27. The van der Waals surface area contributed by atoms with Crippen LogP contribution in [0, 0.1) is 17.8 Å². The van der Waals surface area contributed by atoms with Crippen molar-refractivity contribution in [3.63, 3.8) is 0 Å². The average Bonchev–Trinajstić information content (AvgIpc) is 3.01. The van der Waals surface area contributed by atoms with Gasteiger partial charge in [-0.05, 0) is 18.9 Å². The van der Waals surface area contributed by atoms with E-state index in [4.69, 9.17) is 5.21 Å². The fraction of sp³-hybridized carbons (Fsp3) is 0.250. The number of nitrogens with zero attached hydrogens (tertiary/aromatic N) is 1. The summed E-state index contributed by atoms with van der Waals surface area (Å²) in [4.78, 5) is 0. The summed E-state index contributed by atoms with van der Waals surface area (Å²) in [6.07, 6.45) is 3.86. The maximum atomic E-state index is 8.46. The Morgan fingerprint density at radius 1 is 1.36 bits per heavy atom. The standard InChI is InChI=1S/C12H11NO/c14-13-9-12-4-2-1-3-11(12)8-7-10-5-6-10/h1-4,9-10,14H,5-6H2. The van der Waals surface area contributed by atoms with Crippen molar-refractivity contribution in [2.75, 3.05) is 0 Å². The van der Waals surface area contributed by atoms with Crippen LogP contribution in [-0.4, -0.2) is 11.4 Å². The molecule has 0 radical (unpaired) electrons. The molecule has 14 heavy (non-hydrogen) atoms. The Bertz CT molecular complexity index is 408. The molecule has 0 saturated heterocycles. The Labute approximate surface area is 83.3 Å². The van der Waals surface area contributed by atoms with Crippen LogP contribution < -0.4 is 0 Å². The van der Waals surface area contributed by atoms with Crippen LogP contribution in [0.3, 0.4) is 0 Å². The first-order valence-corrected chi connectivity index (χ1v) is 4.68. The van der Waals surface area contributed by atoms with Crippen LogP contribution in [0.25, 0.3) is 0 Å². The van der Waals surface area contributed by atoms with Gasteiger partial charge in [0, 0.05) is 17.0 Å². The van der Waals surface area contributed by atoms with Gasteiger partial charge in [-0.25, -0.2) is 0 Å². The molecule has 2 heteroatoms. The number of hydrogen-bond donors (Lipinski definition) is 1. The first-order chi connectivity index (χ1) is 6.90. The second-order valence-corrected chi connectivity index (χ2v) is 3.38. The maximum absolute atomic E-state index is 8.46. The van der Waals surface area contributed by atoms with Crippen molar-refractivity contribution in [3.8, 4) is 11.8 Å². The van der Waals surface area contributed by atoms with Crippen LogP contribution in [0.4, 0.5) is 0 Å². The van der Waals surface area contributed by atoms with Crippen molar-refractivity contribution < 1.29 is 5.21 Å². The van der Waals surface area contributed by atoms with Crippen molar-refractivity contribution in [2.24, 2.45) is 11.1 Å². The quantitative estimate of drug-likeness (QED) is 0.309. The largest absolute Gasteiger partial charge is 0.411 e. The summed E-state index contributed by atoms with van der Waals surface area (Å²) in [6, 6.07) is 7.66. The van der Waals surface area contributed by atoms with E-state index in [0.717, 1.165) is 11.1 Å². The number of oxime groups is 1. The first-order valence-electron chi connectivity index (χ1n) is 4.68. The molecule has 0 bridgehead atoms. The average molecular weight is 185 g/mol. The highest BCUT2D eigenvalue weighted by atomic mass is 16.4. The molecule has 0 unspecified atom stereocenters. The zero-order chi connectivity index (χ0) is 9.80. The smallest absolute Gasteiger partial charge is 0.0746 e. The lowest BCUT2D eigenvalue weighted by Crippen LogP contribution is -1.86. The summed E-state index contributed by atoms with van der Waals surface area (Å²) in [5.41, 5.74) is 1.79. The molecule has 1 saturated carbocycles. The lowest BCUT2D eigenvalue weighted by Gasteiger charge is -1.95. The van der Waals surface area contributed by atoms with Gasteiger partial charge < -0.3 is 5.21 Å². The number of hydrogen-bond acceptors (Lipinski definition) is 2. The molecular weight excluding hydrogens is 174 g/mol. The fourth-order valence-electron chi connectivity index (χ4n) is 1.19. The van der Waals surface area contributed by atoms with E-state index < -0.39 is 0 Å². The third-order valence-electron chi connectivity index (χ3n) is 2.15. The maximum Gasteiger partial charge on any atom is 0.0746 e. The molecule has 1 aromatic carbocycles. The summed E-state index contributed by atoms with van der Waals surface area (Å²) in [7, 11) is 0. The fourth-order valence-corrected chi connectivity index (χ4v) is 1.19. The van der Waals surface area contributed by atoms with Crippen LogP contribution in [0.2, 0.25) is 0 Å². The van der Waals surface area contributed by atoms with Crippen LogP contribution in [0.1, 0.15) is 24.0 Å². The van der Waals surface area contributed by atoms with Gasteiger partial charge in [-0.1, -0.05) is 35.2 Å². The Balaban J connectivity index is 2.27. The molecule has 1 fully saturated rings. The molecule has 0 aromatic heterocycles. The third-order valence-corrected chi connectivity index (χ3v) is 2.15. The van der Waals surface area contributed by atoms with Gasteiger partial charge in [-0.3, -0.25) is 0 Å². The summed E-state index contributed by atoms with van der Waals surface area (Å²) in [5.74, 6) is 6.88. The number of benzene rings is 1. The predicted molar refractivity (Wildman–Crippen MR) is 55.4 cm³/mol. The molecule has 0 atom stereocenters. The summed E-state index contributed by atoms with van der Waals surface area (Å²) >= 11 is 0. The minimum atomic E-state index is 0.592. The van der Waals surface area contributed by atoms with Gasteiger partial charge in [0.2, 0.25) is 0 Å². The van der Waals surface area contributed by atoms with Crippen molar-refractivity contribution >= 4 is 6.21 Å². The monoisotopic (exact) mass is 185 g/mol. The molecule has 1 N–H and O–H groups in total. The zero-order valence-corrected chi connectivity index (χ0v) is 7.77. The van der Waals surface area contributed by atoms with Crippen LogP contribution in [0.5, 0.6) is 0 Å². The van der Waals surface area contributed by atoms with E-state index in [9.17, 15) is 0 Å². The summed E-state index contributed by atoms with van der Waals surface area (Å²) in [5, 5.41) is 11.5. The van der Waals surface area contributed by atoms with Gasteiger partial charge in [0.15, 0.2) is 0 Å². The van der Waals surface area contributed by atoms with E-state index >= 15 is 0 Å². The minimum absolute atomic E-state index is 0.592. The molecule has 1 aliphatic rings. The predicted octanol–water partition coefficient (Wildman–Crippen LogP) is 2.26. The minimum Gasteiger partial charge on any atom is -0.411 e. The first kappa shape index (κ1) is 8.83. The molecule has 0 amide bonds. The lowest BCUT2D eigenvalue weighted by atomic mass is 10.1. The highest BCUT2D eigenvalue weighted by Gasteiger charge is 2.17. The van der Waals surface area contributed by atoms with E-state index in [0.29, 0.717) is 5.92 Å². The molecule has 2 rings (SSSR count). The highest BCUT2D eigenvalue weighted by molar-refractivity contribution is 5.83. The Kier molecular flexibility index (Phi) is 2.51. The normalized spacial score (nSPS) is 15.1. The third kappa shape index (κ3) is 2.14. The lowest BCUT2D eigenvalue weighted by molar-refractivity contribution is 0.322. The van der Waals surface area contributed by atoms with Crippen LogP contribution in [-0.2, 0) is 0 Å². The Morgan fingerprint density at radius 3 is 2.86 bits per heavy atom. The topological polar surface area (TPSA) is 32.6 Å². The van der Waals surface area contributed by atoms with E-state index in [1.165, 1.54) is 19.1 Å². The van der Waals surface area contributed by atoms with Gasteiger partial charge in [0.25, 0.3) is 0 Å². The Morgan fingerprint density at radius 2 is 2.14 bits per heavy atom. The molecule has 0 heterocycles. The van der Waals surface area contributed by atoms with Crippen molar-refractivity contribution in [1.82, 2.24) is 0 Å². The Hall–Kier alpha value is -1.75. The molecular formula is C12H11NO. The molecule has 0 aliphatic heterocycles. The van der Waals surface area contributed by atoms with Crippen molar-refractivity contribution in [3.05, 3.63) is 35.4 Å². The van der Waals surface area contributed by atoms with Crippen LogP contribution in [0.15, 0.2) is 29.4 Å². The van der Waals surface area contributed by atoms with Gasteiger partial charge in [0.05, 0.1) is 6.21 Å². The molecule has 2 nitrogen and oxygen atoms in total. The van der Waals surface area contributed by atoms with E-state index in [1.807, 2.05) is 24.3 Å².